The van der Waals surface area contributed by atoms with Gasteiger partial charge in [0.1, 0.15) is 16.4 Å². The molecule has 160 valence electrons. The smallest absolute Gasteiger partial charge is 0.236 e. The minimum Gasteiger partial charge on any atom is -0.492 e. The van der Waals surface area contributed by atoms with E-state index in [9.17, 15) is 15.0 Å². The van der Waals surface area contributed by atoms with E-state index in [4.69, 9.17) is 5.41 Å². The van der Waals surface area contributed by atoms with Gasteiger partial charge < -0.3 is 26.2 Å². The first-order valence-electron chi connectivity index (χ1n) is 9.87. The van der Waals surface area contributed by atoms with Crippen LogP contribution in [0.25, 0.3) is 0 Å². The Labute approximate surface area is 183 Å². The number of amidine groups is 1. The summed E-state index contributed by atoms with van der Waals surface area (Å²) in [6.45, 7) is 2.18. The van der Waals surface area contributed by atoms with Gasteiger partial charge in [-0.3, -0.25) is 10.2 Å². The minimum absolute atomic E-state index is 0.0329. The maximum Gasteiger partial charge on any atom is 0.236 e. The second kappa shape index (κ2) is 8.75. The van der Waals surface area contributed by atoms with Gasteiger partial charge in [-0.2, -0.15) is 4.37 Å². The number of para-hydroxylation sites is 1. The van der Waals surface area contributed by atoms with Crippen LogP contribution in [-0.4, -0.2) is 45.4 Å². The molecule has 9 heteroatoms. The summed E-state index contributed by atoms with van der Waals surface area (Å²) in [5.74, 6) is -0.437. The molecule has 0 saturated carbocycles. The van der Waals surface area contributed by atoms with Crippen LogP contribution in [0.1, 0.15) is 34.3 Å². The van der Waals surface area contributed by atoms with E-state index in [0.29, 0.717) is 22.8 Å². The van der Waals surface area contributed by atoms with Gasteiger partial charge in [-0.25, -0.2) is 0 Å². The molecule has 0 saturated heterocycles. The fraction of sp³-hybridized carbons (Fsp3) is 0.227. The van der Waals surface area contributed by atoms with Crippen LogP contribution in [0.4, 0.5) is 16.4 Å². The van der Waals surface area contributed by atoms with Crippen LogP contribution in [0, 0.1) is 5.41 Å². The molecule has 2 aromatic carbocycles. The Balaban J connectivity index is 1.49. The molecule has 6 N–H and O–H groups in total. The van der Waals surface area contributed by atoms with Crippen LogP contribution in [-0.2, 0) is 0 Å². The lowest BCUT2D eigenvalue weighted by molar-refractivity contribution is 0.0966. The summed E-state index contributed by atoms with van der Waals surface area (Å²) in [5.41, 5.74) is 3.58. The highest BCUT2D eigenvalue weighted by Crippen LogP contribution is 2.35. The van der Waals surface area contributed by atoms with Crippen molar-refractivity contribution in [1.82, 2.24) is 9.69 Å². The summed E-state index contributed by atoms with van der Waals surface area (Å²) in [6.07, 6.45) is 0. The summed E-state index contributed by atoms with van der Waals surface area (Å²) in [6, 6.07) is 14.6. The molecule has 8 nitrogen and oxygen atoms in total. The van der Waals surface area contributed by atoms with Crippen LogP contribution in [0.2, 0.25) is 0 Å². The lowest BCUT2D eigenvalue weighted by atomic mass is 9.92. The molecule has 31 heavy (non-hydrogen) atoms. The number of hydrogen-bond donors (Lipinski definition) is 6. The number of anilines is 3. The van der Waals surface area contributed by atoms with E-state index in [1.165, 1.54) is 0 Å². The quantitative estimate of drug-likeness (QED) is 0.190. The number of nitrogens with one attached hydrogen (secondary N) is 4. The average Bonchev–Trinajstić information content (AvgIpc) is 3.37. The van der Waals surface area contributed by atoms with Gasteiger partial charge in [-0.1, -0.05) is 18.2 Å². The lowest BCUT2D eigenvalue weighted by Gasteiger charge is -2.14. The van der Waals surface area contributed by atoms with E-state index in [2.05, 4.69) is 20.3 Å². The largest absolute Gasteiger partial charge is 0.492 e. The maximum absolute atomic E-state index is 13.0. The fourth-order valence-electron chi connectivity index (χ4n) is 3.52. The molecular weight excluding hydrogens is 414 g/mol. The highest BCUT2D eigenvalue weighted by molar-refractivity contribution is 7.11. The second-order valence-corrected chi connectivity index (χ2v) is 8.17. The first-order valence-corrected chi connectivity index (χ1v) is 10.6. The zero-order valence-corrected chi connectivity index (χ0v) is 17.7. The summed E-state index contributed by atoms with van der Waals surface area (Å²) in [4.78, 5) is 13.0. The van der Waals surface area contributed by atoms with Gasteiger partial charge in [-0.05, 0) is 54.4 Å². The average molecular weight is 438 g/mol. The number of aliphatic hydroxyl groups is 1. The van der Waals surface area contributed by atoms with Gasteiger partial charge in [0.15, 0.2) is 5.78 Å². The Morgan fingerprint density at radius 2 is 2.03 bits per heavy atom. The fourth-order valence-corrected chi connectivity index (χ4v) is 4.24. The summed E-state index contributed by atoms with van der Waals surface area (Å²) >= 11 is 1.03. The Bertz CT molecular complexity index is 1110. The number of benzene rings is 2. The summed E-state index contributed by atoms with van der Waals surface area (Å²) in [7, 11) is 0. The molecule has 1 aromatic heterocycles. The van der Waals surface area contributed by atoms with Gasteiger partial charge >= 0.3 is 0 Å². The van der Waals surface area contributed by atoms with Gasteiger partial charge in [0.25, 0.3) is 0 Å². The Hall–Kier alpha value is -3.43. The Morgan fingerprint density at radius 1 is 1.29 bits per heavy atom. The zero-order chi connectivity index (χ0) is 22.0. The summed E-state index contributed by atoms with van der Waals surface area (Å²) < 4.78 is 3.92. The minimum atomic E-state index is -0.333. The highest BCUT2D eigenvalue weighted by Gasteiger charge is 2.28. The number of fused-ring (bicyclic) bond motifs is 1. The second-order valence-electron chi connectivity index (χ2n) is 7.40. The van der Waals surface area contributed by atoms with Crippen LogP contribution in [0.15, 0.2) is 48.5 Å². The number of aliphatic hydroxyl groups excluding tert-OH is 1. The van der Waals surface area contributed by atoms with Gasteiger partial charge in [0.2, 0.25) is 5.88 Å². The molecule has 1 aliphatic rings. The lowest BCUT2D eigenvalue weighted by Crippen LogP contribution is -2.35. The van der Waals surface area contributed by atoms with E-state index in [0.717, 1.165) is 22.8 Å². The molecule has 1 aliphatic heterocycles. The number of ketones is 1. The van der Waals surface area contributed by atoms with Crippen LogP contribution < -0.4 is 16.0 Å². The normalized spacial score (nSPS) is 15.6. The number of Topliss-reactive ketones (excluding diaryl/α,β-unsaturated/α-hetero) is 1. The highest BCUT2D eigenvalue weighted by atomic mass is 32.1. The van der Waals surface area contributed by atoms with E-state index >= 15 is 0 Å². The topological polar surface area (TPSA) is 130 Å². The van der Waals surface area contributed by atoms with Crippen molar-refractivity contribution < 1.29 is 15.0 Å². The van der Waals surface area contributed by atoms with E-state index in [1.807, 2.05) is 24.3 Å². The van der Waals surface area contributed by atoms with Crippen molar-refractivity contribution in [3.8, 4) is 5.88 Å². The first-order chi connectivity index (χ1) is 15.0. The standard InChI is InChI=1S/C22H23N5O3S/c1-12(11-28)25-20(23)18-21(30)27-31-22(18)26-14-8-6-13(7-9-14)19(29)16-10-24-17-5-3-2-4-15(16)17/h2-9,12,16,24,26,28H,10-11H2,1H3,(H2,23,25)(H,27,30). The molecule has 2 heterocycles. The molecule has 0 fully saturated rings. The number of aromatic nitrogens is 1. The van der Waals surface area contributed by atoms with Crippen LogP contribution >= 0.6 is 11.5 Å². The molecule has 0 aliphatic carbocycles. The predicted molar refractivity (Wildman–Crippen MR) is 122 cm³/mol. The van der Waals surface area contributed by atoms with Crippen molar-refractivity contribution in [2.45, 2.75) is 18.9 Å². The zero-order valence-electron chi connectivity index (χ0n) is 16.8. The number of rotatable bonds is 7. The number of nitrogens with zero attached hydrogens (tertiary/aromatic N) is 1. The molecule has 0 radical (unpaired) electrons. The molecule has 0 spiro atoms. The molecular formula is C22H23N5O3S. The van der Waals surface area contributed by atoms with Crippen molar-refractivity contribution in [3.05, 3.63) is 65.2 Å². The molecule has 0 bridgehead atoms. The molecule has 0 amide bonds. The third-order valence-electron chi connectivity index (χ3n) is 5.17. The number of carbonyl (C=O) groups is 1. The van der Waals surface area contributed by atoms with Crippen LogP contribution in [0.5, 0.6) is 5.88 Å². The van der Waals surface area contributed by atoms with Crippen molar-refractivity contribution in [2.75, 3.05) is 23.8 Å². The van der Waals surface area contributed by atoms with Crippen LogP contribution in [0.3, 0.4) is 0 Å². The monoisotopic (exact) mass is 437 g/mol. The van der Waals surface area contributed by atoms with Gasteiger partial charge in [0, 0.05) is 29.5 Å². The Morgan fingerprint density at radius 3 is 2.77 bits per heavy atom. The molecule has 4 rings (SSSR count). The Kier molecular flexibility index (Phi) is 5.88. The van der Waals surface area contributed by atoms with E-state index in [-0.39, 0.29) is 41.6 Å². The van der Waals surface area contributed by atoms with Crippen molar-refractivity contribution in [3.63, 3.8) is 0 Å². The molecule has 2 unspecified atom stereocenters. The first kappa shape index (κ1) is 20.8. The number of carbonyl (C=O) groups excluding carboxylic acids is 1. The SMILES string of the molecule is CC(CO)NC(=N)c1c(O)nsc1Nc1ccc(C(=O)C2CNc3ccccc32)cc1. The number of aromatic hydroxyl groups is 1. The van der Waals surface area contributed by atoms with E-state index in [1.54, 1.807) is 31.2 Å². The van der Waals surface area contributed by atoms with Gasteiger partial charge in [0.05, 0.1) is 12.5 Å². The van der Waals surface area contributed by atoms with Crippen molar-refractivity contribution >= 4 is 39.5 Å². The molecule has 3 aromatic rings. The van der Waals surface area contributed by atoms with Crippen molar-refractivity contribution in [1.29, 1.82) is 5.41 Å². The predicted octanol–water partition coefficient (Wildman–Crippen LogP) is 3.28. The third kappa shape index (κ3) is 4.23. The maximum atomic E-state index is 13.0. The van der Waals surface area contributed by atoms with Crippen molar-refractivity contribution in [2.24, 2.45) is 0 Å². The number of hydrogen-bond acceptors (Lipinski definition) is 8. The summed E-state index contributed by atoms with van der Waals surface area (Å²) in [5, 5.41) is 37.1. The third-order valence-corrected chi connectivity index (χ3v) is 5.92. The van der Waals surface area contributed by atoms with E-state index < -0.39 is 0 Å². The van der Waals surface area contributed by atoms with Gasteiger partial charge in [-0.15, -0.1) is 0 Å². The molecule has 2 atom stereocenters.